The van der Waals surface area contributed by atoms with Crippen LogP contribution in [0.5, 0.6) is 11.5 Å². The molecule has 1 aromatic carbocycles. The number of urea groups is 1. The van der Waals surface area contributed by atoms with Gasteiger partial charge < -0.3 is 24.0 Å². The number of likely N-dealkylation sites (N-methyl/N-ethyl adjacent to an activating group) is 1. The maximum Gasteiger partial charge on any atom is 0.328 e. The second kappa shape index (κ2) is 8.23. The third-order valence-electron chi connectivity index (χ3n) is 6.08. The smallest absolute Gasteiger partial charge is 0.328 e. The number of amides is 3. The molecule has 0 aromatic heterocycles. The van der Waals surface area contributed by atoms with Crippen LogP contribution in [0.3, 0.4) is 0 Å². The van der Waals surface area contributed by atoms with Crippen LogP contribution in [0.2, 0.25) is 0 Å². The lowest BCUT2D eigenvalue weighted by Gasteiger charge is -2.43. The third-order valence-corrected chi connectivity index (χ3v) is 6.08. The molecule has 168 valence electrons. The monoisotopic (exact) mass is 433 g/mol. The van der Waals surface area contributed by atoms with Gasteiger partial charge in [-0.3, -0.25) is 24.7 Å². The first-order valence-electron chi connectivity index (χ1n) is 10.1. The normalized spacial score (nSPS) is 25.9. The zero-order valence-electron chi connectivity index (χ0n) is 18.0. The number of methoxy groups -OCH3 is 3. The first-order chi connectivity index (χ1) is 14.9. The van der Waals surface area contributed by atoms with Crippen LogP contribution >= 0.6 is 0 Å². The number of rotatable bonds is 5. The van der Waals surface area contributed by atoms with Gasteiger partial charge in [0.2, 0.25) is 0 Å². The van der Waals surface area contributed by atoms with E-state index in [0.29, 0.717) is 18.0 Å². The van der Waals surface area contributed by atoms with Crippen molar-refractivity contribution in [3.63, 3.8) is 0 Å². The van der Waals surface area contributed by atoms with Gasteiger partial charge in [-0.05, 0) is 18.6 Å². The lowest BCUT2D eigenvalue weighted by atomic mass is 10.1. The van der Waals surface area contributed by atoms with Crippen LogP contribution < -0.4 is 19.7 Å². The molecule has 3 saturated heterocycles. The Morgan fingerprint density at radius 2 is 1.94 bits per heavy atom. The quantitative estimate of drug-likeness (QED) is 0.636. The minimum Gasteiger partial charge on any atom is -0.497 e. The average Bonchev–Trinajstić information content (AvgIpc) is 3.19. The van der Waals surface area contributed by atoms with Crippen molar-refractivity contribution in [2.45, 2.75) is 24.9 Å². The second-order valence-electron chi connectivity index (χ2n) is 7.65. The van der Waals surface area contributed by atoms with E-state index in [4.69, 9.17) is 9.47 Å². The minimum absolute atomic E-state index is 0.316. The maximum absolute atomic E-state index is 13.2. The Morgan fingerprint density at radius 1 is 1.16 bits per heavy atom. The van der Waals surface area contributed by atoms with Crippen LogP contribution in [0, 0.1) is 0 Å². The molecule has 31 heavy (non-hydrogen) atoms. The van der Waals surface area contributed by atoms with Crippen molar-refractivity contribution in [1.29, 1.82) is 0 Å². The fourth-order valence-corrected chi connectivity index (χ4v) is 4.53. The van der Waals surface area contributed by atoms with Crippen molar-refractivity contribution in [3.05, 3.63) is 18.2 Å². The Balaban J connectivity index is 1.65. The van der Waals surface area contributed by atoms with E-state index in [1.54, 1.807) is 21.3 Å². The SMILES string of the molecule is COC(=O)CN1C(=O)C2C(NC3N(c4ccc(OC)cc4OC)CCCN23)N(C)C1=O. The Hall–Kier alpha value is -3.05. The van der Waals surface area contributed by atoms with Gasteiger partial charge in [-0.15, -0.1) is 0 Å². The van der Waals surface area contributed by atoms with Gasteiger partial charge in [0.15, 0.2) is 0 Å². The summed E-state index contributed by atoms with van der Waals surface area (Å²) in [6.45, 7) is 1.01. The molecular formula is C20H27N5O6. The number of anilines is 1. The number of hydrogen-bond donors (Lipinski definition) is 1. The maximum atomic E-state index is 13.2. The van der Waals surface area contributed by atoms with E-state index < -0.39 is 36.7 Å². The van der Waals surface area contributed by atoms with Gasteiger partial charge in [0.25, 0.3) is 5.91 Å². The predicted octanol–water partition coefficient (Wildman–Crippen LogP) is -0.136. The molecule has 3 heterocycles. The van der Waals surface area contributed by atoms with Crippen LogP contribution in [0.25, 0.3) is 0 Å². The van der Waals surface area contributed by atoms with Crippen LogP contribution in [0.4, 0.5) is 10.5 Å². The lowest BCUT2D eigenvalue weighted by molar-refractivity contribution is -0.149. The number of nitrogens with one attached hydrogen (secondary N) is 1. The largest absolute Gasteiger partial charge is 0.497 e. The second-order valence-corrected chi connectivity index (χ2v) is 7.65. The molecule has 11 nitrogen and oxygen atoms in total. The molecule has 3 aliphatic rings. The molecule has 3 aliphatic heterocycles. The fourth-order valence-electron chi connectivity index (χ4n) is 4.53. The van der Waals surface area contributed by atoms with Gasteiger partial charge in [0.1, 0.15) is 36.5 Å². The highest BCUT2D eigenvalue weighted by Crippen LogP contribution is 2.38. The van der Waals surface area contributed by atoms with Crippen molar-refractivity contribution in [2.24, 2.45) is 0 Å². The van der Waals surface area contributed by atoms with Gasteiger partial charge >= 0.3 is 12.0 Å². The van der Waals surface area contributed by atoms with E-state index >= 15 is 0 Å². The molecule has 0 radical (unpaired) electrons. The minimum atomic E-state index is -0.640. The Labute approximate surface area is 180 Å². The average molecular weight is 433 g/mol. The molecule has 0 saturated carbocycles. The van der Waals surface area contributed by atoms with E-state index in [-0.39, 0.29) is 6.29 Å². The predicted molar refractivity (Wildman–Crippen MR) is 110 cm³/mol. The summed E-state index contributed by atoms with van der Waals surface area (Å²) in [6, 6.07) is 4.46. The molecule has 3 amide bonds. The van der Waals surface area contributed by atoms with Gasteiger partial charge in [-0.2, -0.15) is 0 Å². The standard InChI is InChI=1S/C20H27N5O6/c1-22-17-16(18(27)25(20(22)28)11-15(26)31-4)24-9-5-8-23(19(24)21-17)13-7-6-12(29-2)10-14(13)30-3/h6-7,10,16-17,19,21H,5,8-9,11H2,1-4H3. The summed E-state index contributed by atoms with van der Waals surface area (Å²) in [5.41, 5.74) is 0.858. The van der Waals surface area contributed by atoms with Crippen LogP contribution in [0.1, 0.15) is 6.42 Å². The third kappa shape index (κ3) is 3.43. The van der Waals surface area contributed by atoms with Crippen molar-refractivity contribution in [2.75, 3.05) is 52.9 Å². The molecule has 3 atom stereocenters. The van der Waals surface area contributed by atoms with Crippen LogP contribution in [-0.2, 0) is 14.3 Å². The van der Waals surface area contributed by atoms with Gasteiger partial charge in [-0.1, -0.05) is 0 Å². The number of nitrogens with zero attached hydrogens (tertiary/aromatic N) is 4. The molecule has 0 spiro atoms. The molecule has 0 aliphatic carbocycles. The number of ether oxygens (including phenoxy) is 3. The number of imide groups is 1. The number of benzene rings is 1. The first kappa shape index (κ1) is 21.2. The number of carbonyl (C=O) groups is 3. The Kier molecular flexibility index (Phi) is 5.63. The zero-order valence-corrected chi connectivity index (χ0v) is 18.0. The molecular weight excluding hydrogens is 406 g/mol. The number of fused-ring (bicyclic) bond motifs is 3. The number of carbonyl (C=O) groups excluding carboxylic acids is 3. The van der Waals surface area contributed by atoms with Crippen molar-refractivity contribution < 1.29 is 28.6 Å². The van der Waals surface area contributed by atoms with Crippen molar-refractivity contribution >= 4 is 23.6 Å². The molecule has 4 rings (SSSR count). The summed E-state index contributed by atoms with van der Waals surface area (Å²) in [5, 5.41) is 3.43. The summed E-state index contributed by atoms with van der Waals surface area (Å²) in [5.74, 6) is 0.291. The Bertz CT molecular complexity index is 895. The summed E-state index contributed by atoms with van der Waals surface area (Å²) in [4.78, 5) is 44.4. The molecule has 1 N–H and O–H groups in total. The van der Waals surface area contributed by atoms with E-state index in [0.717, 1.165) is 23.6 Å². The Morgan fingerprint density at radius 3 is 2.61 bits per heavy atom. The van der Waals surface area contributed by atoms with E-state index in [1.165, 1.54) is 12.0 Å². The molecule has 11 heteroatoms. The van der Waals surface area contributed by atoms with Gasteiger partial charge in [-0.25, -0.2) is 4.79 Å². The molecule has 1 aromatic rings. The van der Waals surface area contributed by atoms with Crippen LogP contribution in [-0.4, -0.2) is 99.1 Å². The van der Waals surface area contributed by atoms with E-state index in [2.05, 4.69) is 15.0 Å². The van der Waals surface area contributed by atoms with Gasteiger partial charge in [0.05, 0.1) is 27.0 Å². The summed E-state index contributed by atoms with van der Waals surface area (Å²) in [6.07, 6.45) is -0.00881. The zero-order chi connectivity index (χ0) is 22.3. The van der Waals surface area contributed by atoms with E-state index in [9.17, 15) is 14.4 Å². The van der Waals surface area contributed by atoms with E-state index in [1.807, 2.05) is 23.1 Å². The number of esters is 1. The highest BCUT2D eigenvalue weighted by molar-refractivity contribution is 6.02. The highest BCUT2D eigenvalue weighted by atomic mass is 16.5. The summed E-state index contributed by atoms with van der Waals surface area (Å²) in [7, 11) is 6.05. The van der Waals surface area contributed by atoms with Crippen molar-refractivity contribution in [1.82, 2.24) is 20.0 Å². The summed E-state index contributed by atoms with van der Waals surface area (Å²) >= 11 is 0. The topological polar surface area (TPSA) is 104 Å². The first-order valence-corrected chi connectivity index (χ1v) is 10.1. The highest BCUT2D eigenvalue weighted by Gasteiger charge is 2.56. The van der Waals surface area contributed by atoms with Crippen molar-refractivity contribution in [3.8, 4) is 11.5 Å². The lowest BCUT2D eigenvalue weighted by Crippen LogP contribution is -2.67. The van der Waals surface area contributed by atoms with Gasteiger partial charge in [0, 0.05) is 26.2 Å². The fraction of sp³-hybridized carbons (Fsp3) is 0.550. The molecule has 3 fully saturated rings. The molecule has 3 unspecified atom stereocenters. The molecule has 0 bridgehead atoms. The number of hydrogen-bond acceptors (Lipinski definition) is 9. The van der Waals surface area contributed by atoms with Crippen LogP contribution in [0.15, 0.2) is 18.2 Å². The summed E-state index contributed by atoms with van der Waals surface area (Å²) < 4.78 is 15.5.